The van der Waals surface area contributed by atoms with Crippen molar-refractivity contribution in [1.82, 2.24) is 19.5 Å². The van der Waals surface area contributed by atoms with E-state index < -0.39 is 0 Å². The zero-order valence-electron chi connectivity index (χ0n) is 14.9. The molecule has 3 heterocycles. The number of nitrogens with zero attached hydrogens (tertiary/aromatic N) is 4. The Bertz CT molecular complexity index is 966. The Morgan fingerprint density at radius 3 is 2.85 bits per heavy atom. The number of hydrogen-bond donors (Lipinski definition) is 1. The Labute approximate surface area is 161 Å². The number of piperidine rings is 1. The van der Waals surface area contributed by atoms with E-state index in [2.05, 4.69) is 27.3 Å². The second-order valence-electron chi connectivity index (χ2n) is 6.69. The summed E-state index contributed by atoms with van der Waals surface area (Å²) in [5, 5.41) is 7.47. The molecule has 1 aliphatic heterocycles. The molecule has 1 aromatic carbocycles. The summed E-state index contributed by atoms with van der Waals surface area (Å²) in [4.78, 5) is 19.0. The minimum atomic E-state index is -0.309. The normalized spacial score (nSPS) is 15.8. The van der Waals surface area contributed by atoms with Crippen LogP contribution in [0.4, 0.5) is 5.95 Å². The first-order valence-electron chi connectivity index (χ1n) is 8.85. The van der Waals surface area contributed by atoms with Crippen molar-refractivity contribution >= 4 is 29.1 Å². The number of amides is 1. The highest BCUT2D eigenvalue weighted by Gasteiger charge is 2.18. The van der Waals surface area contributed by atoms with E-state index in [9.17, 15) is 4.79 Å². The minimum absolute atomic E-state index is 0.216. The van der Waals surface area contributed by atoms with Crippen LogP contribution in [0, 0.1) is 0 Å². The molecule has 1 saturated heterocycles. The maximum Gasteiger partial charge on any atom is 0.258 e. The molecule has 0 radical (unpaired) electrons. The standard InChI is InChI=1S/C19H20ClN5O2/c1-24-8-5-15(6-9-24)27-16-7-10-25-17(12-16)21-19(23-25)22-18(26)13-3-2-4-14(20)11-13/h2-4,7,10-12,15H,5-6,8-9H2,1H3,(H,22,23,26). The SMILES string of the molecule is CN1CCC(Oc2ccn3nc(NC(=O)c4cccc(Cl)c4)nc3c2)CC1. The molecule has 0 aliphatic carbocycles. The van der Waals surface area contributed by atoms with Crippen molar-refractivity contribution in [3.63, 3.8) is 0 Å². The summed E-state index contributed by atoms with van der Waals surface area (Å²) in [6, 6.07) is 10.4. The fourth-order valence-corrected chi connectivity index (χ4v) is 3.28. The third-order valence-electron chi connectivity index (χ3n) is 4.59. The zero-order valence-corrected chi connectivity index (χ0v) is 15.7. The topological polar surface area (TPSA) is 71.8 Å². The van der Waals surface area contributed by atoms with Crippen LogP contribution in [0.1, 0.15) is 23.2 Å². The Hall–Kier alpha value is -2.64. The van der Waals surface area contributed by atoms with Gasteiger partial charge in [-0.25, -0.2) is 4.52 Å². The lowest BCUT2D eigenvalue weighted by molar-refractivity contribution is 0.102. The summed E-state index contributed by atoms with van der Waals surface area (Å²) in [6.07, 6.45) is 4.01. The molecular formula is C19H20ClN5O2. The number of pyridine rings is 1. The van der Waals surface area contributed by atoms with Crippen LogP contribution in [0.3, 0.4) is 0 Å². The van der Waals surface area contributed by atoms with Gasteiger partial charge in [0.05, 0.1) is 0 Å². The third-order valence-corrected chi connectivity index (χ3v) is 4.82. The number of carbonyl (C=O) groups is 1. The van der Waals surface area contributed by atoms with Gasteiger partial charge >= 0.3 is 0 Å². The second-order valence-corrected chi connectivity index (χ2v) is 7.12. The highest BCUT2D eigenvalue weighted by atomic mass is 35.5. The van der Waals surface area contributed by atoms with Gasteiger partial charge in [0.2, 0.25) is 5.95 Å². The fourth-order valence-electron chi connectivity index (χ4n) is 3.09. The molecule has 1 fully saturated rings. The van der Waals surface area contributed by atoms with Gasteiger partial charge in [0.15, 0.2) is 5.65 Å². The first-order valence-corrected chi connectivity index (χ1v) is 9.23. The molecule has 0 atom stereocenters. The zero-order chi connectivity index (χ0) is 18.8. The van der Waals surface area contributed by atoms with Crippen molar-refractivity contribution in [3.05, 3.63) is 53.2 Å². The van der Waals surface area contributed by atoms with Crippen LogP contribution in [0.25, 0.3) is 5.65 Å². The van der Waals surface area contributed by atoms with Crippen LogP contribution in [-0.4, -0.2) is 51.6 Å². The lowest BCUT2D eigenvalue weighted by Crippen LogP contribution is -2.35. The van der Waals surface area contributed by atoms with Gasteiger partial charge in [-0.3, -0.25) is 10.1 Å². The highest BCUT2D eigenvalue weighted by Crippen LogP contribution is 2.20. The molecule has 0 unspecified atom stereocenters. The molecule has 0 spiro atoms. The molecule has 0 saturated carbocycles. The molecular weight excluding hydrogens is 366 g/mol. The number of rotatable bonds is 4. The van der Waals surface area contributed by atoms with Gasteiger partial charge in [0.1, 0.15) is 11.9 Å². The molecule has 4 rings (SSSR count). The van der Waals surface area contributed by atoms with Crippen molar-refractivity contribution in [2.75, 3.05) is 25.5 Å². The largest absolute Gasteiger partial charge is 0.490 e. The maximum absolute atomic E-state index is 12.3. The number of anilines is 1. The molecule has 1 aliphatic rings. The first kappa shape index (κ1) is 17.8. The average Bonchev–Trinajstić information content (AvgIpc) is 3.05. The quantitative estimate of drug-likeness (QED) is 0.747. The summed E-state index contributed by atoms with van der Waals surface area (Å²) in [6.45, 7) is 2.08. The molecule has 1 N–H and O–H groups in total. The van der Waals surface area contributed by atoms with E-state index in [0.29, 0.717) is 16.2 Å². The molecule has 3 aromatic rings. The molecule has 8 heteroatoms. The number of benzene rings is 1. The minimum Gasteiger partial charge on any atom is -0.490 e. The van der Waals surface area contributed by atoms with Gasteiger partial charge in [-0.05, 0) is 44.2 Å². The smallest absolute Gasteiger partial charge is 0.258 e. The average molecular weight is 386 g/mol. The second kappa shape index (κ2) is 7.54. The fraction of sp³-hybridized carbons (Fsp3) is 0.316. The van der Waals surface area contributed by atoms with Gasteiger partial charge in [-0.15, -0.1) is 5.10 Å². The number of ether oxygens (including phenoxy) is 1. The van der Waals surface area contributed by atoms with E-state index in [0.717, 1.165) is 31.7 Å². The monoisotopic (exact) mass is 385 g/mol. The van der Waals surface area contributed by atoms with Crippen molar-refractivity contribution in [1.29, 1.82) is 0 Å². The third kappa shape index (κ3) is 4.20. The highest BCUT2D eigenvalue weighted by molar-refractivity contribution is 6.31. The number of likely N-dealkylation sites (tertiary alicyclic amines) is 1. The van der Waals surface area contributed by atoms with E-state index in [4.69, 9.17) is 16.3 Å². The van der Waals surface area contributed by atoms with Gasteiger partial charge in [-0.1, -0.05) is 17.7 Å². The maximum atomic E-state index is 12.3. The Balaban J connectivity index is 1.46. The number of carbonyl (C=O) groups excluding carboxylic acids is 1. The van der Waals surface area contributed by atoms with Crippen molar-refractivity contribution in [2.45, 2.75) is 18.9 Å². The number of hydrogen-bond acceptors (Lipinski definition) is 5. The van der Waals surface area contributed by atoms with Crippen molar-refractivity contribution < 1.29 is 9.53 Å². The Morgan fingerprint density at radius 2 is 2.07 bits per heavy atom. The van der Waals surface area contributed by atoms with E-state index in [-0.39, 0.29) is 18.0 Å². The van der Waals surface area contributed by atoms with E-state index in [1.165, 1.54) is 0 Å². The van der Waals surface area contributed by atoms with Gasteiger partial charge < -0.3 is 9.64 Å². The summed E-state index contributed by atoms with van der Waals surface area (Å²) in [7, 11) is 2.12. The summed E-state index contributed by atoms with van der Waals surface area (Å²) >= 11 is 5.93. The van der Waals surface area contributed by atoms with E-state index in [1.807, 2.05) is 12.1 Å². The van der Waals surface area contributed by atoms with Crippen LogP contribution in [0.5, 0.6) is 5.75 Å². The molecule has 140 valence electrons. The molecule has 1 amide bonds. The first-order chi connectivity index (χ1) is 13.1. The predicted octanol–water partition coefficient (Wildman–Crippen LogP) is 3.11. The molecule has 0 bridgehead atoms. The summed E-state index contributed by atoms with van der Waals surface area (Å²) < 4.78 is 7.68. The van der Waals surface area contributed by atoms with Crippen LogP contribution >= 0.6 is 11.6 Å². The van der Waals surface area contributed by atoms with Crippen molar-refractivity contribution in [3.8, 4) is 5.75 Å². The summed E-state index contributed by atoms with van der Waals surface area (Å²) in [5.74, 6) is 0.685. The van der Waals surface area contributed by atoms with Crippen LogP contribution < -0.4 is 10.1 Å². The Kier molecular flexibility index (Phi) is 4.96. The van der Waals surface area contributed by atoms with Crippen LogP contribution in [0.15, 0.2) is 42.6 Å². The number of halogens is 1. The van der Waals surface area contributed by atoms with Crippen LogP contribution in [0.2, 0.25) is 5.02 Å². The van der Waals surface area contributed by atoms with E-state index in [1.54, 1.807) is 35.0 Å². The van der Waals surface area contributed by atoms with Gasteiger partial charge in [-0.2, -0.15) is 4.98 Å². The van der Waals surface area contributed by atoms with Gasteiger partial charge in [0, 0.05) is 35.9 Å². The number of nitrogens with one attached hydrogen (secondary N) is 1. The van der Waals surface area contributed by atoms with Crippen molar-refractivity contribution in [2.24, 2.45) is 0 Å². The van der Waals surface area contributed by atoms with Gasteiger partial charge in [0.25, 0.3) is 5.91 Å². The molecule has 27 heavy (non-hydrogen) atoms. The lowest BCUT2D eigenvalue weighted by Gasteiger charge is -2.29. The van der Waals surface area contributed by atoms with Crippen LogP contribution in [-0.2, 0) is 0 Å². The van der Waals surface area contributed by atoms with E-state index >= 15 is 0 Å². The molecule has 2 aromatic heterocycles. The molecule has 7 nitrogen and oxygen atoms in total. The predicted molar refractivity (Wildman–Crippen MR) is 104 cm³/mol. The number of aromatic nitrogens is 3. The number of fused-ring (bicyclic) bond motifs is 1. The summed E-state index contributed by atoms with van der Waals surface area (Å²) in [5.41, 5.74) is 1.06. The Morgan fingerprint density at radius 1 is 1.26 bits per heavy atom. The lowest BCUT2D eigenvalue weighted by atomic mass is 10.1.